The Balaban J connectivity index is 2.30. The van der Waals surface area contributed by atoms with Crippen LogP contribution in [0.3, 0.4) is 0 Å². The fourth-order valence-corrected chi connectivity index (χ4v) is 3.58. The molecule has 0 heteroatoms. The number of fused-ring (bicyclic) bond motifs is 1. The molecule has 74 valence electrons. The summed E-state index contributed by atoms with van der Waals surface area (Å²) in [6, 6.07) is 0. The van der Waals surface area contributed by atoms with Crippen molar-refractivity contribution < 1.29 is 0 Å². The van der Waals surface area contributed by atoms with E-state index < -0.39 is 0 Å². The molecule has 0 nitrogen and oxygen atoms in total. The van der Waals surface area contributed by atoms with E-state index in [1.165, 1.54) is 6.42 Å². The van der Waals surface area contributed by atoms with Gasteiger partial charge in [-0.3, -0.25) is 0 Å². The van der Waals surface area contributed by atoms with E-state index >= 15 is 0 Å². The molecule has 0 amide bonds. The molecule has 0 spiro atoms. The van der Waals surface area contributed by atoms with E-state index in [-0.39, 0.29) is 0 Å². The molecule has 0 aliphatic heterocycles. The Morgan fingerprint density at radius 3 is 2.38 bits per heavy atom. The highest BCUT2D eigenvalue weighted by atomic mass is 14.6. The Kier molecular flexibility index (Phi) is 1.87. The number of hydrogen-bond donors (Lipinski definition) is 0. The van der Waals surface area contributed by atoms with Crippen LogP contribution in [0.2, 0.25) is 0 Å². The maximum Gasteiger partial charge on any atom is -0.0149 e. The Labute approximate surface area is 82.4 Å². The minimum Gasteiger partial charge on any atom is -0.0816 e. The van der Waals surface area contributed by atoms with Gasteiger partial charge in [-0.05, 0) is 42.4 Å². The highest BCUT2D eigenvalue weighted by molar-refractivity contribution is 5.24. The van der Waals surface area contributed by atoms with Crippen LogP contribution < -0.4 is 0 Å². The molecule has 0 aromatic carbocycles. The summed E-state index contributed by atoms with van der Waals surface area (Å²) in [7, 11) is 0. The maximum absolute atomic E-state index is 2.55. The number of rotatable bonds is 1. The van der Waals surface area contributed by atoms with Crippen LogP contribution in [0.15, 0.2) is 11.6 Å². The average molecular weight is 178 g/mol. The topological polar surface area (TPSA) is 0 Å². The molecule has 0 aromatic heterocycles. The van der Waals surface area contributed by atoms with Gasteiger partial charge in [0.05, 0.1) is 0 Å². The first-order valence-electron chi connectivity index (χ1n) is 5.63. The second-order valence-electron chi connectivity index (χ2n) is 5.95. The number of allylic oxidation sites excluding steroid dienone is 2. The summed E-state index contributed by atoms with van der Waals surface area (Å²) in [5, 5.41) is 0. The number of hydrogen-bond acceptors (Lipinski definition) is 0. The lowest BCUT2D eigenvalue weighted by molar-refractivity contribution is -0.0511. The second-order valence-corrected chi connectivity index (χ2v) is 5.95. The van der Waals surface area contributed by atoms with Crippen molar-refractivity contribution >= 4 is 0 Å². The van der Waals surface area contributed by atoms with Gasteiger partial charge in [-0.15, -0.1) is 0 Å². The third-order valence-corrected chi connectivity index (χ3v) is 4.58. The summed E-state index contributed by atoms with van der Waals surface area (Å²) in [5.41, 5.74) is 2.25. The summed E-state index contributed by atoms with van der Waals surface area (Å²) < 4.78 is 0. The van der Waals surface area contributed by atoms with Crippen molar-refractivity contribution in [2.24, 2.45) is 29.1 Å². The molecule has 0 saturated heterocycles. The quantitative estimate of drug-likeness (QED) is 0.534. The third kappa shape index (κ3) is 1.11. The zero-order valence-electron chi connectivity index (χ0n) is 9.59. The molecule has 0 N–H and O–H groups in total. The third-order valence-electron chi connectivity index (χ3n) is 4.58. The molecule has 1 unspecified atom stereocenters. The Bertz CT molecular complexity index is 245. The van der Waals surface area contributed by atoms with Crippen molar-refractivity contribution in [3.8, 4) is 0 Å². The van der Waals surface area contributed by atoms with Crippen LogP contribution in [-0.2, 0) is 0 Å². The summed E-state index contributed by atoms with van der Waals surface area (Å²) in [6.07, 6.45) is 4.01. The molecule has 2 bridgehead atoms. The summed E-state index contributed by atoms with van der Waals surface area (Å²) >= 11 is 0. The van der Waals surface area contributed by atoms with Crippen LogP contribution in [0, 0.1) is 29.1 Å². The summed E-state index contributed by atoms with van der Waals surface area (Å²) in [5.74, 6) is 3.52. The monoisotopic (exact) mass is 178 g/mol. The van der Waals surface area contributed by atoms with E-state index in [0.717, 1.165) is 23.7 Å². The zero-order valence-corrected chi connectivity index (χ0v) is 9.59. The maximum atomic E-state index is 2.55. The molecule has 3 aliphatic rings. The van der Waals surface area contributed by atoms with Gasteiger partial charge in [0, 0.05) is 0 Å². The van der Waals surface area contributed by atoms with Crippen LogP contribution in [0.1, 0.15) is 41.0 Å². The van der Waals surface area contributed by atoms with Crippen molar-refractivity contribution in [3.05, 3.63) is 11.6 Å². The van der Waals surface area contributed by atoms with E-state index in [0.29, 0.717) is 5.41 Å². The molecule has 0 radical (unpaired) electrons. The predicted octanol–water partition coefficient (Wildman–Crippen LogP) is 3.88. The lowest BCUT2D eigenvalue weighted by Gasteiger charge is -2.60. The predicted molar refractivity (Wildman–Crippen MR) is 57.5 cm³/mol. The Hall–Kier alpha value is -0.260. The minimum atomic E-state index is 0.591. The molecule has 1 fully saturated rings. The first-order valence-corrected chi connectivity index (χ1v) is 5.63. The second kappa shape index (κ2) is 2.62. The van der Waals surface area contributed by atoms with Gasteiger partial charge in [-0.25, -0.2) is 0 Å². The van der Waals surface area contributed by atoms with Crippen LogP contribution in [0.4, 0.5) is 0 Å². The van der Waals surface area contributed by atoms with Gasteiger partial charge in [0.25, 0.3) is 0 Å². The Morgan fingerprint density at radius 1 is 1.38 bits per heavy atom. The molecular weight excluding hydrogens is 156 g/mol. The van der Waals surface area contributed by atoms with Crippen LogP contribution in [-0.4, -0.2) is 0 Å². The molecule has 0 heterocycles. The molecule has 0 aromatic rings. The lowest BCUT2D eigenvalue weighted by atomic mass is 9.45. The van der Waals surface area contributed by atoms with E-state index in [2.05, 4.69) is 40.7 Å². The minimum absolute atomic E-state index is 0.591. The smallest absolute Gasteiger partial charge is 0.0149 e. The van der Waals surface area contributed by atoms with Gasteiger partial charge in [-0.1, -0.05) is 39.3 Å². The van der Waals surface area contributed by atoms with Gasteiger partial charge in [0.15, 0.2) is 0 Å². The largest absolute Gasteiger partial charge is 0.0816 e. The first kappa shape index (κ1) is 9.30. The van der Waals surface area contributed by atoms with E-state index in [4.69, 9.17) is 0 Å². The normalized spacial score (nSPS) is 41.4. The van der Waals surface area contributed by atoms with Gasteiger partial charge in [-0.2, -0.15) is 0 Å². The van der Waals surface area contributed by atoms with Gasteiger partial charge < -0.3 is 0 Å². The SMILES string of the molecule is CC1=CC(C(C)C)[C@H]2C[C@@H]1C2(C)C. The van der Waals surface area contributed by atoms with Gasteiger partial charge >= 0.3 is 0 Å². The first-order chi connectivity index (χ1) is 5.94. The highest BCUT2D eigenvalue weighted by Crippen LogP contribution is 2.62. The molecule has 3 atom stereocenters. The fraction of sp³-hybridized carbons (Fsp3) is 0.846. The highest BCUT2D eigenvalue weighted by Gasteiger charge is 2.54. The molecule has 1 saturated carbocycles. The molecule has 13 heavy (non-hydrogen) atoms. The van der Waals surface area contributed by atoms with E-state index in [9.17, 15) is 0 Å². The molecule has 3 aliphatic carbocycles. The van der Waals surface area contributed by atoms with Crippen molar-refractivity contribution in [3.63, 3.8) is 0 Å². The lowest BCUT2D eigenvalue weighted by Crippen LogP contribution is -2.52. The van der Waals surface area contributed by atoms with Gasteiger partial charge in [0.1, 0.15) is 0 Å². The standard InChI is InChI=1S/C13H22/c1-8(2)10-6-9(3)11-7-12(10)13(11,4)5/h6,8,10-12H,7H2,1-5H3/t10?,11-,12+/m0/s1. The molecular formula is C13H22. The van der Waals surface area contributed by atoms with Crippen molar-refractivity contribution in [2.45, 2.75) is 41.0 Å². The van der Waals surface area contributed by atoms with E-state index in [1.54, 1.807) is 5.57 Å². The van der Waals surface area contributed by atoms with Crippen molar-refractivity contribution in [2.75, 3.05) is 0 Å². The Morgan fingerprint density at radius 2 is 2.00 bits per heavy atom. The van der Waals surface area contributed by atoms with Crippen LogP contribution >= 0.6 is 0 Å². The van der Waals surface area contributed by atoms with Crippen molar-refractivity contribution in [1.82, 2.24) is 0 Å². The fourth-order valence-electron chi connectivity index (χ4n) is 3.58. The van der Waals surface area contributed by atoms with Crippen LogP contribution in [0.25, 0.3) is 0 Å². The van der Waals surface area contributed by atoms with Gasteiger partial charge in [0.2, 0.25) is 0 Å². The zero-order chi connectivity index (χ0) is 9.80. The van der Waals surface area contributed by atoms with E-state index in [1.807, 2.05) is 0 Å². The summed E-state index contributed by atoms with van der Waals surface area (Å²) in [4.78, 5) is 0. The summed E-state index contributed by atoms with van der Waals surface area (Å²) in [6.45, 7) is 12.0. The van der Waals surface area contributed by atoms with Crippen LogP contribution in [0.5, 0.6) is 0 Å². The average Bonchev–Trinajstić information content (AvgIpc) is 2.02. The molecule has 3 rings (SSSR count). The van der Waals surface area contributed by atoms with Crippen molar-refractivity contribution in [1.29, 1.82) is 0 Å².